The Morgan fingerprint density at radius 1 is 1.21 bits per heavy atom. The molecule has 0 radical (unpaired) electrons. The molecule has 0 spiro atoms. The number of ketones is 1. The van der Waals surface area contributed by atoms with Gasteiger partial charge < -0.3 is 14.9 Å². The summed E-state index contributed by atoms with van der Waals surface area (Å²) in [4.78, 5) is 15.0. The van der Waals surface area contributed by atoms with Crippen molar-refractivity contribution in [2.24, 2.45) is 11.8 Å². The Balaban J connectivity index is 1.68. The van der Waals surface area contributed by atoms with Crippen molar-refractivity contribution in [2.75, 3.05) is 13.1 Å². The van der Waals surface area contributed by atoms with Crippen LogP contribution >= 0.6 is 23.2 Å². The third-order valence-corrected chi connectivity index (χ3v) is 7.21. The Bertz CT molecular complexity index is 845. The highest BCUT2D eigenvalue weighted by molar-refractivity contribution is 6.37. The number of halogens is 2. The van der Waals surface area contributed by atoms with Crippen molar-refractivity contribution in [3.8, 4) is 0 Å². The van der Waals surface area contributed by atoms with Crippen molar-refractivity contribution < 1.29 is 19.7 Å². The van der Waals surface area contributed by atoms with Gasteiger partial charge in [0.15, 0.2) is 5.78 Å². The lowest BCUT2D eigenvalue weighted by atomic mass is 9.80. The fourth-order valence-electron chi connectivity index (χ4n) is 5.11. The van der Waals surface area contributed by atoms with E-state index in [1.54, 1.807) is 12.1 Å². The van der Waals surface area contributed by atoms with E-state index in [-0.39, 0.29) is 41.2 Å². The normalized spacial score (nSPS) is 34.5. The largest absolute Gasteiger partial charge is 0.507 e. The number of fused-ring (bicyclic) bond motifs is 2. The third kappa shape index (κ3) is 3.96. The Kier molecular flexibility index (Phi) is 5.97. The number of hydrogen-bond donors (Lipinski definition) is 2. The van der Waals surface area contributed by atoms with Crippen molar-refractivity contribution >= 4 is 34.7 Å². The zero-order chi connectivity index (χ0) is 20.9. The SMILES string of the molecule is CC1CN(Cc2c(Cl)ccc(C(O)=C3C(=O)C4CCC(C4)C3O)c2Cl)CC(C)O1. The van der Waals surface area contributed by atoms with Gasteiger partial charge in [0.1, 0.15) is 5.76 Å². The fraction of sp³-hybridized carbons (Fsp3) is 0.591. The lowest BCUT2D eigenvalue weighted by molar-refractivity contribution is -0.121. The van der Waals surface area contributed by atoms with E-state index in [9.17, 15) is 15.0 Å². The molecule has 5 unspecified atom stereocenters. The summed E-state index contributed by atoms with van der Waals surface area (Å²) in [6, 6.07) is 3.31. The van der Waals surface area contributed by atoms with Crippen LogP contribution in [0.2, 0.25) is 10.0 Å². The van der Waals surface area contributed by atoms with Gasteiger partial charge in [0, 0.05) is 41.7 Å². The molecule has 158 valence electrons. The molecule has 1 saturated heterocycles. The van der Waals surface area contributed by atoms with Crippen LogP contribution in [0.3, 0.4) is 0 Å². The second-order valence-electron chi connectivity index (χ2n) is 8.68. The Hall–Kier alpha value is -1.11. The third-order valence-electron chi connectivity index (χ3n) is 6.42. The van der Waals surface area contributed by atoms with E-state index in [4.69, 9.17) is 27.9 Å². The number of hydrogen-bond acceptors (Lipinski definition) is 5. The summed E-state index contributed by atoms with van der Waals surface area (Å²) in [5.41, 5.74) is 1.16. The monoisotopic (exact) mass is 439 g/mol. The molecule has 2 saturated carbocycles. The number of nitrogens with zero attached hydrogens (tertiary/aromatic N) is 1. The summed E-state index contributed by atoms with van der Waals surface area (Å²) in [7, 11) is 0. The smallest absolute Gasteiger partial charge is 0.168 e. The van der Waals surface area contributed by atoms with Crippen molar-refractivity contribution in [3.63, 3.8) is 0 Å². The molecule has 0 aromatic heterocycles. The second-order valence-corrected chi connectivity index (χ2v) is 9.47. The van der Waals surface area contributed by atoms with Crippen molar-refractivity contribution in [3.05, 3.63) is 38.9 Å². The molecular formula is C22H27Cl2NO4. The van der Waals surface area contributed by atoms with Gasteiger partial charge in [-0.1, -0.05) is 23.2 Å². The predicted octanol–water partition coefficient (Wildman–Crippen LogP) is 4.23. The molecule has 2 bridgehead atoms. The van der Waals surface area contributed by atoms with Gasteiger partial charge in [-0.25, -0.2) is 0 Å². The molecule has 1 aromatic rings. The molecule has 3 aliphatic rings. The lowest BCUT2D eigenvalue weighted by Gasteiger charge is -2.35. The summed E-state index contributed by atoms with van der Waals surface area (Å²) in [6.07, 6.45) is 1.55. The first-order chi connectivity index (χ1) is 13.8. The van der Waals surface area contributed by atoms with Crippen molar-refractivity contribution in [1.82, 2.24) is 4.90 Å². The van der Waals surface area contributed by atoms with Crippen LogP contribution in [-0.4, -0.2) is 52.3 Å². The molecule has 5 atom stereocenters. The first-order valence-corrected chi connectivity index (χ1v) is 11.0. The highest BCUT2D eigenvalue weighted by atomic mass is 35.5. The lowest BCUT2D eigenvalue weighted by Crippen LogP contribution is -2.44. The number of rotatable bonds is 3. The van der Waals surface area contributed by atoms with Gasteiger partial charge in [-0.3, -0.25) is 9.69 Å². The molecule has 1 heterocycles. The van der Waals surface area contributed by atoms with Crippen LogP contribution in [0.1, 0.15) is 44.2 Å². The fourth-order valence-corrected chi connectivity index (χ4v) is 5.69. The molecule has 1 aromatic carbocycles. The summed E-state index contributed by atoms with van der Waals surface area (Å²) in [5, 5.41) is 22.5. The van der Waals surface area contributed by atoms with Crippen molar-refractivity contribution in [2.45, 2.75) is 58.0 Å². The molecule has 1 aliphatic heterocycles. The summed E-state index contributed by atoms with van der Waals surface area (Å²) >= 11 is 13.1. The van der Waals surface area contributed by atoms with E-state index in [2.05, 4.69) is 4.90 Å². The van der Waals surface area contributed by atoms with E-state index in [1.807, 2.05) is 13.8 Å². The van der Waals surface area contributed by atoms with E-state index >= 15 is 0 Å². The molecule has 3 fully saturated rings. The maximum atomic E-state index is 12.8. The van der Waals surface area contributed by atoms with E-state index in [0.717, 1.165) is 25.9 Å². The average Bonchev–Trinajstić information content (AvgIpc) is 3.10. The molecule has 29 heavy (non-hydrogen) atoms. The molecular weight excluding hydrogens is 413 g/mol. The van der Waals surface area contributed by atoms with Gasteiger partial charge in [0.25, 0.3) is 0 Å². The second kappa shape index (κ2) is 8.20. The van der Waals surface area contributed by atoms with Gasteiger partial charge in [-0.2, -0.15) is 0 Å². The molecule has 2 N–H and O–H groups in total. The minimum Gasteiger partial charge on any atom is -0.507 e. The Morgan fingerprint density at radius 3 is 2.59 bits per heavy atom. The maximum Gasteiger partial charge on any atom is 0.168 e. The number of ether oxygens (including phenoxy) is 1. The first kappa shape index (κ1) is 21.1. The molecule has 7 heteroatoms. The van der Waals surface area contributed by atoms with Crippen LogP contribution in [0.15, 0.2) is 17.7 Å². The standard InChI is InChI=1S/C22H27Cl2NO4/c1-11-8-25(9-12(2)29-11)10-16-17(23)6-5-15(19(16)24)22(28)18-20(26)13-3-4-14(7-13)21(18)27/h5-6,11-14,20,26,28H,3-4,7-10H2,1-2H3. The van der Waals surface area contributed by atoms with Gasteiger partial charge in [0.2, 0.25) is 0 Å². The summed E-state index contributed by atoms with van der Waals surface area (Å²) in [6.45, 7) is 6.10. The Morgan fingerprint density at radius 2 is 1.90 bits per heavy atom. The highest BCUT2D eigenvalue weighted by Crippen LogP contribution is 2.45. The zero-order valence-corrected chi connectivity index (χ0v) is 18.2. The highest BCUT2D eigenvalue weighted by Gasteiger charge is 2.45. The number of benzene rings is 1. The number of carbonyl (C=O) groups excluding carboxylic acids is 1. The van der Waals surface area contributed by atoms with Crippen molar-refractivity contribution in [1.29, 1.82) is 0 Å². The van der Waals surface area contributed by atoms with Gasteiger partial charge in [-0.05, 0) is 51.2 Å². The van der Waals surface area contributed by atoms with Crippen LogP contribution in [0.4, 0.5) is 0 Å². The molecule has 0 amide bonds. The van der Waals surface area contributed by atoms with Gasteiger partial charge >= 0.3 is 0 Å². The van der Waals surface area contributed by atoms with Gasteiger partial charge in [-0.15, -0.1) is 0 Å². The Labute approximate surface area is 181 Å². The number of morpholine rings is 1. The minimum atomic E-state index is -0.947. The minimum absolute atomic E-state index is 0.0247. The predicted molar refractivity (Wildman–Crippen MR) is 113 cm³/mol. The topological polar surface area (TPSA) is 70.0 Å². The van der Waals surface area contributed by atoms with E-state index in [1.165, 1.54) is 0 Å². The quantitative estimate of drug-likeness (QED) is 0.544. The summed E-state index contributed by atoms with van der Waals surface area (Å²) < 4.78 is 5.79. The van der Waals surface area contributed by atoms with Crippen LogP contribution in [0.25, 0.3) is 5.76 Å². The molecule has 2 aliphatic carbocycles. The zero-order valence-electron chi connectivity index (χ0n) is 16.7. The van der Waals surface area contributed by atoms with E-state index < -0.39 is 6.10 Å². The number of aliphatic hydroxyl groups excluding tert-OH is 2. The van der Waals surface area contributed by atoms with Gasteiger partial charge in [0.05, 0.1) is 28.9 Å². The first-order valence-electron chi connectivity index (χ1n) is 10.3. The average molecular weight is 440 g/mol. The number of aliphatic hydroxyl groups is 2. The maximum absolute atomic E-state index is 12.8. The summed E-state index contributed by atoms with van der Waals surface area (Å²) in [5.74, 6) is -0.461. The van der Waals surface area contributed by atoms with Crippen LogP contribution < -0.4 is 0 Å². The van der Waals surface area contributed by atoms with Crippen LogP contribution in [-0.2, 0) is 16.1 Å². The number of carbonyl (C=O) groups is 1. The number of Topliss-reactive ketones (excluding diaryl/α,β-unsaturated/α-hetero) is 1. The van der Waals surface area contributed by atoms with E-state index in [0.29, 0.717) is 34.1 Å². The van der Waals surface area contributed by atoms with Crippen LogP contribution in [0, 0.1) is 11.8 Å². The van der Waals surface area contributed by atoms with Crippen LogP contribution in [0.5, 0.6) is 0 Å². The molecule has 4 rings (SSSR count). The molecule has 5 nitrogen and oxygen atoms in total.